The van der Waals surface area contributed by atoms with Crippen molar-refractivity contribution >= 4 is 29.3 Å². The molecule has 5 nitrogen and oxygen atoms in total. The summed E-state index contributed by atoms with van der Waals surface area (Å²) in [6.07, 6.45) is 1.75. The lowest BCUT2D eigenvalue weighted by atomic mass is 10.1. The third-order valence-corrected chi connectivity index (χ3v) is 4.81. The molecule has 3 rings (SSSR count). The van der Waals surface area contributed by atoms with Gasteiger partial charge in [0, 0.05) is 14.1 Å². The molecule has 1 aliphatic heterocycles. The fourth-order valence-electron chi connectivity index (χ4n) is 2.68. The summed E-state index contributed by atoms with van der Waals surface area (Å²) < 4.78 is 24.2. The van der Waals surface area contributed by atoms with Gasteiger partial charge in [0.1, 0.15) is 18.1 Å². The number of halogens is 1. The van der Waals surface area contributed by atoms with E-state index in [2.05, 4.69) is 0 Å². The van der Waals surface area contributed by atoms with Gasteiger partial charge in [0.15, 0.2) is 16.6 Å². The van der Waals surface area contributed by atoms with Crippen molar-refractivity contribution in [1.29, 1.82) is 0 Å². The second-order valence-electron chi connectivity index (χ2n) is 6.06. The third kappa shape index (κ3) is 3.93. The van der Waals surface area contributed by atoms with Crippen LogP contribution in [0.4, 0.5) is 4.39 Å². The normalized spacial score (nSPS) is 15.6. The highest BCUT2D eigenvalue weighted by atomic mass is 32.1. The topological polar surface area (TPSA) is 42.0 Å². The molecule has 1 saturated heterocycles. The van der Waals surface area contributed by atoms with Crippen LogP contribution in [0.2, 0.25) is 0 Å². The molecule has 0 aliphatic carbocycles. The molecule has 2 aromatic rings. The number of carbonyl (C=O) groups is 1. The standard InChI is InChI=1S/C20H19FN2O3S/c1-22-16(19(24)23(2)20(22)27)10-14-6-9-17(18(11-14)25-3)26-12-13-4-7-15(21)8-5-13/h4-11H,12H2,1-3H3/b16-10-. The molecule has 1 fully saturated rings. The van der Waals surface area contributed by atoms with Crippen molar-refractivity contribution in [3.63, 3.8) is 0 Å². The number of ether oxygens (including phenoxy) is 2. The fraction of sp³-hybridized carbons (Fsp3) is 0.200. The molecule has 0 unspecified atom stereocenters. The number of rotatable bonds is 5. The van der Waals surface area contributed by atoms with E-state index < -0.39 is 0 Å². The Bertz CT molecular complexity index is 912. The van der Waals surface area contributed by atoms with E-state index in [0.717, 1.165) is 11.1 Å². The summed E-state index contributed by atoms with van der Waals surface area (Å²) in [5.74, 6) is 0.654. The van der Waals surface area contributed by atoms with Gasteiger partial charge < -0.3 is 14.4 Å². The Morgan fingerprint density at radius 1 is 1.07 bits per heavy atom. The smallest absolute Gasteiger partial charge is 0.276 e. The second kappa shape index (κ2) is 7.75. The van der Waals surface area contributed by atoms with E-state index in [9.17, 15) is 9.18 Å². The molecule has 140 valence electrons. The van der Waals surface area contributed by atoms with Crippen LogP contribution < -0.4 is 9.47 Å². The summed E-state index contributed by atoms with van der Waals surface area (Å²) in [7, 11) is 4.95. The van der Waals surface area contributed by atoms with Crippen molar-refractivity contribution in [2.45, 2.75) is 6.61 Å². The maximum absolute atomic E-state index is 13.0. The molecule has 27 heavy (non-hydrogen) atoms. The number of hydrogen-bond donors (Lipinski definition) is 0. The molecule has 0 aromatic heterocycles. The van der Waals surface area contributed by atoms with Gasteiger partial charge in [-0.2, -0.15) is 0 Å². The highest BCUT2D eigenvalue weighted by molar-refractivity contribution is 7.80. The SMILES string of the molecule is COc1cc(/C=C2/C(=O)N(C)C(=S)N2C)ccc1OCc1ccc(F)cc1. The van der Waals surface area contributed by atoms with Crippen LogP contribution in [0.3, 0.4) is 0 Å². The summed E-state index contributed by atoms with van der Waals surface area (Å²) in [5.41, 5.74) is 2.12. The van der Waals surface area contributed by atoms with E-state index in [0.29, 0.717) is 22.3 Å². The van der Waals surface area contributed by atoms with Crippen LogP contribution >= 0.6 is 12.2 Å². The van der Waals surface area contributed by atoms with Crippen LogP contribution in [-0.4, -0.2) is 42.0 Å². The maximum atomic E-state index is 13.0. The minimum Gasteiger partial charge on any atom is -0.493 e. The number of benzene rings is 2. The minimum absolute atomic E-state index is 0.155. The van der Waals surface area contributed by atoms with Crippen LogP contribution in [0.25, 0.3) is 6.08 Å². The number of methoxy groups -OCH3 is 1. The lowest BCUT2D eigenvalue weighted by Crippen LogP contribution is -2.26. The Kier molecular flexibility index (Phi) is 5.41. The summed E-state index contributed by atoms with van der Waals surface area (Å²) in [4.78, 5) is 15.4. The van der Waals surface area contributed by atoms with Crippen molar-refractivity contribution in [3.8, 4) is 11.5 Å². The third-order valence-electron chi connectivity index (χ3n) is 4.26. The predicted octanol–water partition coefficient (Wildman–Crippen LogP) is 3.44. The van der Waals surface area contributed by atoms with Crippen molar-refractivity contribution in [2.75, 3.05) is 21.2 Å². The average molecular weight is 386 g/mol. The van der Waals surface area contributed by atoms with Crippen LogP contribution in [0.1, 0.15) is 11.1 Å². The van der Waals surface area contributed by atoms with Gasteiger partial charge >= 0.3 is 0 Å². The minimum atomic E-state index is -0.287. The molecule has 7 heteroatoms. The molecule has 0 radical (unpaired) electrons. The van der Waals surface area contributed by atoms with Crippen molar-refractivity contribution in [3.05, 3.63) is 65.1 Å². The van der Waals surface area contributed by atoms with Crippen LogP contribution in [0.15, 0.2) is 48.2 Å². The molecule has 0 atom stereocenters. The van der Waals surface area contributed by atoms with E-state index in [4.69, 9.17) is 21.7 Å². The molecule has 1 aliphatic rings. The molecular weight excluding hydrogens is 367 g/mol. The van der Waals surface area contributed by atoms with Crippen molar-refractivity contribution in [2.24, 2.45) is 0 Å². The highest BCUT2D eigenvalue weighted by Gasteiger charge is 2.32. The van der Waals surface area contributed by atoms with Gasteiger partial charge in [0.2, 0.25) is 0 Å². The van der Waals surface area contributed by atoms with E-state index >= 15 is 0 Å². The largest absolute Gasteiger partial charge is 0.493 e. The first-order valence-electron chi connectivity index (χ1n) is 8.23. The quantitative estimate of drug-likeness (QED) is 0.582. The first kappa shape index (κ1) is 18.8. The second-order valence-corrected chi connectivity index (χ2v) is 6.43. The molecule has 0 N–H and O–H groups in total. The molecule has 0 spiro atoms. The first-order chi connectivity index (χ1) is 12.9. The number of nitrogens with zero attached hydrogens (tertiary/aromatic N) is 2. The van der Waals surface area contributed by atoms with Gasteiger partial charge in [-0.05, 0) is 53.7 Å². The summed E-state index contributed by atoms with van der Waals surface area (Å²) in [6.45, 7) is 0.289. The average Bonchev–Trinajstić information content (AvgIpc) is 2.86. The van der Waals surface area contributed by atoms with Crippen molar-refractivity contribution in [1.82, 2.24) is 9.80 Å². The van der Waals surface area contributed by atoms with Gasteiger partial charge in [-0.1, -0.05) is 18.2 Å². The van der Waals surface area contributed by atoms with Gasteiger partial charge in [0.25, 0.3) is 5.91 Å². The Morgan fingerprint density at radius 3 is 2.37 bits per heavy atom. The molecule has 2 aromatic carbocycles. The van der Waals surface area contributed by atoms with Gasteiger partial charge in [-0.15, -0.1) is 0 Å². The maximum Gasteiger partial charge on any atom is 0.276 e. The Balaban J connectivity index is 1.80. The number of amides is 1. The molecule has 1 amide bonds. The summed E-state index contributed by atoms with van der Waals surface area (Å²) in [6, 6.07) is 11.5. The number of thiocarbonyl (C=S) groups is 1. The number of hydrogen-bond acceptors (Lipinski definition) is 4. The van der Waals surface area contributed by atoms with E-state index in [1.54, 1.807) is 56.4 Å². The lowest BCUT2D eigenvalue weighted by molar-refractivity contribution is -0.121. The van der Waals surface area contributed by atoms with E-state index in [-0.39, 0.29) is 18.3 Å². The highest BCUT2D eigenvalue weighted by Crippen LogP contribution is 2.30. The monoisotopic (exact) mass is 386 g/mol. The Labute approximate surface area is 162 Å². The Hall–Kier alpha value is -2.93. The summed E-state index contributed by atoms with van der Waals surface area (Å²) in [5, 5.41) is 0.456. The molecule has 1 heterocycles. The molecule has 0 bridgehead atoms. The number of likely N-dealkylation sites (N-methyl/N-ethyl adjacent to an activating group) is 2. The first-order valence-corrected chi connectivity index (χ1v) is 8.64. The number of carbonyl (C=O) groups excluding carboxylic acids is 1. The zero-order valence-corrected chi connectivity index (χ0v) is 16.0. The van der Waals surface area contributed by atoms with E-state index in [1.165, 1.54) is 17.0 Å². The van der Waals surface area contributed by atoms with Gasteiger partial charge in [0.05, 0.1) is 7.11 Å². The van der Waals surface area contributed by atoms with Gasteiger partial charge in [-0.3, -0.25) is 9.69 Å². The van der Waals surface area contributed by atoms with Gasteiger partial charge in [-0.25, -0.2) is 4.39 Å². The van der Waals surface area contributed by atoms with Crippen LogP contribution in [-0.2, 0) is 11.4 Å². The Morgan fingerprint density at radius 2 is 1.78 bits per heavy atom. The lowest BCUT2D eigenvalue weighted by Gasteiger charge is -2.13. The summed E-state index contributed by atoms with van der Waals surface area (Å²) >= 11 is 5.22. The molecule has 0 saturated carbocycles. The van der Waals surface area contributed by atoms with Crippen LogP contribution in [0.5, 0.6) is 11.5 Å². The molecular formula is C20H19FN2O3S. The zero-order chi connectivity index (χ0) is 19.6. The van der Waals surface area contributed by atoms with Crippen LogP contribution in [0, 0.1) is 5.82 Å². The predicted molar refractivity (Wildman–Crippen MR) is 105 cm³/mol. The zero-order valence-electron chi connectivity index (χ0n) is 15.2. The van der Waals surface area contributed by atoms with Crippen molar-refractivity contribution < 1.29 is 18.7 Å². The fourth-order valence-corrected chi connectivity index (χ4v) is 2.86. The van der Waals surface area contributed by atoms with E-state index in [1.807, 2.05) is 6.07 Å².